The predicted molar refractivity (Wildman–Crippen MR) is 108 cm³/mol. The van der Waals surface area contributed by atoms with Gasteiger partial charge in [0.1, 0.15) is 14.7 Å². The largest absolute Gasteiger partial charge is 0.483 e. The van der Waals surface area contributed by atoms with Crippen molar-refractivity contribution in [3.63, 3.8) is 0 Å². The van der Waals surface area contributed by atoms with Crippen molar-refractivity contribution in [1.82, 2.24) is 15.2 Å². The molecular formula is C18H27N3O6S2. The molecule has 0 aromatic carbocycles. The average Bonchev–Trinajstić information content (AvgIpc) is 3.23. The maximum Gasteiger partial charge on any atom is 0.290 e. The van der Waals surface area contributed by atoms with Crippen LogP contribution in [0.4, 0.5) is 0 Å². The molecule has 2 amide bonds. The van der Waals surface area contributed by atoms with E-state index in [1.807, 2.05) is 0 Å². The van der Waals surface area contributed by atoms with Crippen LogP contribution >= 0.6 is 11.3 Å². The third-order valence-electron chi connectivity index (χ3n) is 5.49. The molecule has 0 radical (unpaired) electrons. The highest BCUT2D eigenvalue weighted by Crippen LogP contribution is 2.28. The third-order valence-corrected chi connectivity index (χ3v) is 7.97. The summed E-state index contributed by atoms with van der Waals surface area (Å²) in [6, 6.07) is 0.119. The zero-order chi connectivity index (χ0) is 21.4. The average molecular weight is 446 g/mol. The van der Waals surface area contributed by atoms with E-state index in [1.54, 1.807) is 23.7 Å². The lowest BCUT2D eigenvalue weighted by Crippen LogP contribution is -2.46. The molecule has 1 aliphatic carbocycles. The molecule has 2 aliphatic rings. The Morgan fingerprint density at radius 3 is 2.31 bits per heavy atom. The van der Waals surface area contributed by atoms with E-state index >= 15 is 0 Å². The van der Waals surface area contributed by atoms with Crippen molar-refractivity contribution in [2.45, 2.75) is 50.6 Å². The maximum atomic E-state index is 12.8. The van der Waals surface area contributed by atoms with Crippen LogP contribution in [0, 0.1) is 5.92 Å². The summed E-state index contributed by atoms with van der Waals surface area (Å²) in [5.74, 6) is 0.330. The Balaban J connectivity index is 0.000000941. The first-order valence-corrected chi connectivity index (χ1v) is 12.2. The van der Waals surface area contributed by atoms with Crippen LogP contribution in [-0.2, 0) is 19.4 Å². The molecule has 1 saturated heterocycles. The van der Waals surface area contributed by atoms with Crippen LogP contribution in [0.3, 0.4) is 0 Å². The fourth-order valence-corrected chi connectivity index (χ4v) is 5.79. The van der Waals surface area contributed by atoms with Crippen LogP contribution < -0.4 is 5.32 Å². The van der Waals surface area contributed by atoms with Crippen LogP contribution in [0.1, 0.15) is 48.2 Å². The maximum absolute atomic E-state index is 12.8. The van der Waals surface area contributed by atoms with Crippen LogP contribution in [0.25, 0.3) is 0 Å². The lowest BCUT2D eigenvalue weighted by Gasteiger charge is -2.36. The number of carbonyl (C=O) groups excluding carboxylic acids is 2. The van der Waals surface area contributed by atoms with Gasteiger partial charge in [0.25, 0.3) is 12.4 Å². The van der Waals surface area contributed by atoms with E-state index in [4.69, 9.17) is 9.90 Å². The normalized spacial score (nSPS) is 23.9. The standard InChI is InChI=1S/C17H25N3O4S2.CH2O2/c1-20(14-6-8-26(23,24)9-7-14)17(22)12-2-4-13(5-3-12)19-16(21)15-10-18-11-25-15;2-1-3/h10-14H,2-9H2,1H3,(H,19,21);1H,(H,2,3). The zero-order valence-corrected chi connectivity index (χ0v) is 18.0. The van der Waals surface area contributed by atoms with Gasteiger partial charge in [-0.05, 0) is 38.5 Å². The second kappa shape index (κ2) is 10.7. The minimum absolute atomic E-state index is 0.0229. The number of nitrogens with zero attached hydrogens (tertiary/aromatic N) is 2. The molecule has 9 nitrogen and oxygen atoms in total. The molecule has 1 aromatic heterocycles. The minimum atomic E-state index is -2.92. The predicted octanol–water partition coefficient (Wildman–Crippen LogP) is 1.17. The van der Waals surface area contributed by atoms with Gasteiger partial charge in [0.05, 0.1) is 23.2 Å². The van der Waals surface area contributed by atoms with E-state index in [-0.39, 0.29) is 47.8 Å². The Bertz CT molecular complexity index is 775. The second-order valence-electron chi connectivity index (χ2n) is 7.33. The van der Waals surface area contributed by atoms with Gasteiger partial charge in [-0.2, -0.15) is 0 Å². The summed E-state index contributed by atoms with van der Waals surface area (Å²) in [5, 5.41) is 9.91. The topological polar surface area (TPSA) is 134 Å². The molecule has 3 rings (SSSR count). The number of thiazole rings is 1. The molecular weight excluding hydrogens is 418 g/mol. The molecule has 2 heterocycles. The molecule has 0 spiro atoms. The van der Waals surface area contributed by atoms with E-state index in [2.05, 4.69) is 10.3 Å². The van der Waals surface area contributed by atoms with E-state index in [0.29, 0.717) is 17.7 Å². The highest BCUT2D eigenvalue weighted by Gasteiger charge is 2.34. The van der Waals surface area contributed by atoms with Crippen molar-refractivity contribution < 1.29 is 27.9 Å². The summed E-state index contributed by atoms with van der Waals surface area (Å²) < 4.78 is 23.1. The molecule has 0 unspecified atom stereocenters. The summed E-state index contributed by atoms with van der Waals surface area (Å²) in [6.07, 6.45) is 5.70. The van der Waals surface area contributed by atoms with Gasteiger partial charge in [0.15, 0.2) is 0 Å². The molecule has 2 fully saturated rings. The highest BCUT2D eigenvalue weighted by molar-refractivity contribution is 7.91. The van der Waals surface area contributed by atoms with Gasteiger partial charge in [-0.3, -0.25) is 19.4 Å². The monoisotopic (exact) mass is 445 g/mol. The third kappa shape index (κ3) is 6.77. The van der Waals surface area contributed by atoms with Gasteiger partial charge in [-0.1, -0.05) is 0 Å². The Labute approximate surface area is 174 Å². The summed E-state index contributed by atoms with van der Waals surface area (Å²) in [5.41, 5.74) is 1.64. The Hall–Kier alpha value is -2.01. The van der Waals surface area contributed by atoms with Gasteiger partial charge < -0.3 is 15.3 Å². The van der Waals surface area contributed by atoms with Gasteiger partial charge in [-0.15, -0.1) is 11.3 Å². The lowest BCUT2D eigenvalue weighted by atomic mass is 9.84. The van der Waals surface area contributed by atoms with Crippen molar-refractivity contribution in [1.29, 1.82) is 0 Å². The Morgan fingerprint density at radius 1 is 1.21 bits per heavy atom. The zero-order valence-electron chi connectivity index (χ0n) is 16.3. The van der Waals surface area contributed by atoms with Crippen molar-refractivity contribution >= 4 is 39.5 Å². The summed E-state index contributed by atoms with van der Waals surface area (Å²) in [6.45, 7) is -0.250. The van der Waals surface area contributed by atoms with Crippen molar-refractivity contribution in [2.75, 3.05) is 18.6 Å². The Morgan fingerprint density at radius 2 is 1.79 bits per heavy atom. The first-order valence-electron chi connectivity index (χ1n) is 9.51. The second-order valence-corrected chi connectivity index (χ2v) is 10.5. The minimum Gasteiger partial charge on any atom is -0.483 e. The molecule has 162 valence electrons. The highest BCUT2D eigenvalue weighted by atomic mass is 32.2. The van der Waals surface area contributed by atoms with E-state index in [0.717, 1.165) is 25.7 Å². The molecule has 29 heavy (non-hydrogen) atoms. The summed E-state index contributed by atoms with van der Waals surface area (Å²) in [4.78, 5) is 39.5. The molecule has 1 saturated carbocycles. The first kappa shape index (κ1) is 23.3. The van der Waals surface area contributed by atoms with Gasteiger partial charge in [0.2, 0.25) is 5.91 Å². The number of amides is 2. The van der Waals surface area contributed by atoms with Crippen molar-refractivity contribution in [2.24, 2.45) is 5.92 Å². The lowest BCUT2D eigenvalue weighted by molar-refractivity contribution is -0.137. The van der Waals surface area contributed by atoms with E-state index in [1.165, 1.54) is 11.3 Å². The number of rotatable bonds is 4. The van der Waals surface area contributed by atoms with E-state index < -0.39 is 9.84 Å². The number of nitrogens with one attached hydrogen (secondary N) is 1. The molecule has 0 atom stereocenters. The van der Waals surface area contributed by atoms with Gasteiger partial charge in [-0.25, -0.2) is 8.42 Å². The number of hydrogen-bond acceptors (Lipinski definition) is 7. The van der Waals surface area contributed by atoms with Crippen molar-refractivity contribution in [3.05, 3.63) is 16.6 Å². The first-order chi connectivity index (χ1) is 13.8. The van der Waals surface area contributed by atoms with Crippen LogP contribution in [0.15, 0.2) is 11.7 Å². The summed E-state index contributed by atoms with van der Waals surface area (Å²) >= 11 is 1.32. The van der Waals surface area contributed by atoms with Crippen molar-refractivity contribution in [3.8, 4) is 0 Å². The SMILES string of the molecule is CN(C(=O)C1CCC(NC(=O)c2cncs2)CC1)C1CCS(=O)(=O)CC1.O=CO. The molecule has 0 bridgehead atoms. The van der Waals surface area contributed by atoms with Crippen LogP contribution in [0.5, 0.6) is 0 Å². The number of carboxylic acid groups (broad SMARTS) is 1. The summed E-state index contributed by atoms with van der Waals surface area (Å²) in [7, 11) is -1.12. The molecule has 11 heteroatoms. The fraction of sp³-hybridized carbons (Fsp3) is 0.667. The smallest absolute Gasteiger partial charge is 0.290 e. The van der Waals surface area contributed by atoms with E-state index in [9.17, 15) is 18.0 Å². The number of carbonyl (C=O) groups is 3. The quantitative estimate of drug-likeness (QED) is 0.664. The number of hydrogen-bond donors (Lipinski definition) is 2. The molecule has 2 N–H and O–H groups in total. The number of sulfone groups is 1. The van der Waals surface area contributed by atoms with Gasteiger partial charge in [0, 0.05) is 25.0 Å². The van der Waals surface area contributed by atoms with Crippen LogP contribution in [-0.4, -0.2) is 72.3 Å². The van der Waals surface area contributed by atoms with Gasteiger partial charge >= 0.3 is 0 Å². The molecule has 1 aromatic rings. The number of aromatic nitrogens is 1. The Kier molecular flexibility index (Phi) is 8.57. The molecule has 1 aliphatic heterocycles. The van der Waals surface area contributed by atoms with Crippen LogP contribution in [0.2, 0.25) is 0 Å². The fourth-order valence-electron chi connectivity index (χ4n) is 3.80.